The van der Waals surface area contributed by atoms with Crippen molar-refractivity contribution in [1.82, 2.24) is 4.90 Å². The molecule has 0 radical (unpaired) electrons. The summed E-state index contributed by atoms with van der Waals surface area (Å²) in [6, 6.07) is 14.2. The van der Waals surface area contributed by atoms with Crippen molar-refractivity contribution in [2.75, 3.05) is 48.7 Å². The van der Waals surface area contributed by atoms with Crippen LogP contribution in [0.5, 0.6) is 5.75 Å². The molecule has 1 aliphatic heterocycles. The van der Waals surface area contributed by atoms with Gasteiger partial charge in [0.15, 0.2) is 0 Å². The van der Waals surface area contributed by atoms with Crippen LogP contribution in [-0.2, 0) is 14.8 Å². The molecule has 1 atom stereocenters. The van der Waals surface area contributed by atoms with E-state index in [0.717, 1.165) is 23.3 Å². The monoisotopic (exact) mass is 431 g/mol. The summed E-state index contributed by atoms with van der Waals surface area (Å²) in [6.45, 7) is 6.01. The second-order valence-corrected chi connectivity index (χ2v) is 9.44. The van der Waals surface area contributed by atoms with E-state index in [4.69, 9.17) is 4.74 Å². The first-order valence-corrected chi connectivity index (χ1v) is 11.8. The van der Waals surface area contributed by atoms with E-state index in [-0.39, 0.29) is 5.91 Å². The van der Waals surface area contributed by atoms with Gasteiger partial charge in [0, 0.05) is 31.9 Å². The van der Waals surface area contributed by atoms with Gasteiger partial charge in [-0.25, -0.2) is 8.42 Å². The average molecular weight is 432 g/mol. The zero-order chi connectivity index (χ0) is 21.9. The minimum absolute atomic E-state index is 0.184. The van der Waals surface area contributed by atoms with E-state index in [1.54, 1.807) is 37.1 Å². The number of hydrogen-bond acceptors (Lipinski definition) is 5. The van der Waals surface area contributed by atoms with Gasteiger partial charge in [0.1, 0.15) is 11.8 Å². The quantitative estimate of drug-likeness (QED) is 0.703. The second-order valence-electron chi connectivity index (χ2n) is 7.58. The van der Waals surface area contributed by atoms with Crippen molar-refractivity contribution in [2.45, 2.75) is 19.9 Å². The van der Waals surface area contributed by atoms with Gasteiger partial charge >= 0.3 is 0 Å². The first-order chi connectivity index (χ1) is 14.2. The van der Waals surface area contributed by atoms with Crippen LogP contribution in [0.2, 0.25) is 0 Å². The molecule has 0 aliphatic carbocycles. The summed E-state index contributed by atoms with van der Waals surface area (Å²) in [5.74, 6) is 0.620. The summed E-state index contributed by atoms with van der Waals surface area (Å²) in [6.07, 6.45) is 1.14. The lowest BCUT2D eigenvalue weighted by Gasteiger charge is -2.39. The summed E-state index contributed by atoms with van der Waals surface area (Å²) in [5.41, 5.74) is 2.53. The number of sulfonamides is 1. The van der Waals surface area contributed by atoms with Crippen molar-refractivity contribution in [1.29, 1.82) is 0 Å². The maximum Gasteiger partial charge on any atom is 0.246 e. The van der Waals surface area contributed by atoms with Crippen molar-refractivity contribution >= 4 is 27.3 Å². The third-order valence-electron chi connectivity index (χ3n) is 5.35. The normalized spacial score (nSPS) is 15.6. The summed E-state index contributed by atoms with van der Waals surface area (Å²) < 4.78 is 31.4. The number of methoxy groups -OCH3 is 1. The Morgan fingerprint density at radius 2 is 1.70 bits per heavy atom. The van der Waals surface area contributed by atoms with Gasteiger partial charge in [-0.1, -0.05) is 12.1 Å². The highest BCUT2D eigenvalue weighted by Gasteiger charge is 2.33. The molecule has 0 unspecified atom stereocenters. The Morgan fingerprint density at radius 3 is 2.23 bits per heavy atom. The Balaban J connectivity index is 1.71. The van der Waals surface area contributed by atoms with Gasteiger partial charge in [-0.3, -0.25) is 9.10 Å². The number of amides is 1. The molecule has 3 rings (SSSR count). The first kappa shape index (κ1) is 22.0. The molecular weight excluding hydrogens is 402 g/mol. The number of benzene rings is 2. The zero-order valence-electron chi connectivity index (χ0n) is 17.9. The molecule has 0 aromatic heterocycles. The van der Waals surface area contributed by atoms with Crippen molar-refractivity contribution < 1.29 is 17.9 Å². The standard InChI is InChI=1S/C22H29N3O4S/c1-17-6-5-7-20(16-17)25(30(4,27)28)18(2)22(26)24-14-12-23(13-15-24)19-8-10-21(29-3)11-9-19/h5-11,16,18H,12-15H2,1-4H3/t18-/m1/s1. The minimum Gasteiger partial charge on any atom is -0.497 e. The Kier molecular flexibility index (Phi) is 6.55. The van der Waals surface area contributed by atoms with E-state index < -0.39 is 16.1 Å². The molecule has 0 spiro atoms. The molecule has 2 aromatic rings. The maximum atomic E-state index is 13.2. The van der Waals surface area contributed by atoms with E-state index in [9.17, 15) is 13.2 Å². The molecule has 1 saturated heterocycles. The molecular formula is C22H29N3O4S. The van der Waals surface area contributed by atoms with E-state index in [1.807, 2.05) is 37.3 Å². The Labute approximate surface area is 178 Å². The average Bonchev–Trinajstić information content (AvgIpc) is 2.72. The molecule has 1 fully saturated rings. The van der Waals surface area contributed by atoms with Crippen LogP contribution in [0.3, 0.4) is 0 Å². The van der Waals surface area contributed by atoms with Crippen LogP contribution in [-0.4, -0.2) is 64.8 Å². The topological polar surface area (TPSA) is 70.2 Å². The lowest BCUT2D eigenvalue weighted by molar-refractivity contribution is -0.132. The third-order valence-corrected chi connectivity index (χ3v) is 6.59. The van der Waals surface area contributed by atoms with Crippen molar-refractivity contribution in [3.8, 4) is 5.75 Å². The summed E-state index contributed by atoms with van der Waals surface area (Å²) in [4.78, 5) is 17.1. The van der Waals surface area contributed by atoms with Gasteiger partial charge in [-0.15, -0.1) is 0 Å². The van der Waals surface area contributed by atoms with Crippen LogP contribution >= 0.6 is 0 Å². The Morgan fingerprint density at radius 1 is 1.07 bits per heavy atom. The second kappa shape index (κ2) is 8.95. The van der Waals surface area contributed by atoms with Crippen LogP contribution in [0, 0.1) is 6.92 Å². The van der Waals surface area contributed by atoms with Crippen LogP contribution in [0.15, 0.2) is 48.5 Å². The van der Waals surface area contributed by atoms with Gasteiger partial charge < -0.3 is 14.5 Å². The molecule has 8 heteroatoms. The maximum absolute atomic E-state index is 13.2. The van der Waals surface area contributed by atoms with E-state index in [2.05, 4.69) is 4.90 Å². The SMILES string of the molecule is COc1ccc(N2CCN(C(=O)[C@@H](C)N(c3cccc(C)c3)S(C)(=O)=O)CC2)cc1. The molecule has 30 heavy (non-hydrogen) atoms. The molecule has 162 valence electrons. The number of anilines is 2. The van der Waals surface area contributed by atoms with Gasteiger partial charge in [0.2, 0.25) is 15.9 Å². The Hall–Kier alpha value is -2.74. The first-order valence-electron chi connectivity index (χ1n) is 9.94. The molecule has 2 aromatic carbocycles. The molecule has 1 heterocycles. The number of nitrogens with zero attached hydrogens (tertiary/aromatic N) is 3. The lowest BCUT2D eigenvalue weighted by atomic mass is 10.2. The zero-order valence-corrected chi connectivity index (χ0v) is 18.7. The van der Waals surface area contributed by atoms with E-state index >= 15 is 0 Å². The van der Waals surface area contributed by atoms with Gasteiger partial charge in [-0.2, -0.15) is 0 Å². The van der Waals surface area contributed by atoms with E-state index in [0.29, 0.717) is 31.9 Å². The lowest BCUT2D eigenvalue weighted by Crippen LogP contribution is -2.55. The number of rotatable bonds is 6. The highest BCUT2D eigenvalue weighted by molar-refractivity contribution is 7.92. The largest absolute Gasteiger partial charge is 0.497 e. The number of carbonyl (C=O) groups excluding carboxylic acids is 1. The highest BCUT2D eigenvalue weighted by Crippen LogP contribution is 2.24. The molecule has 7 nitrogen and oxygen atoms in total. The van der Waals surface area contributed by atoms with Gasteiger partial charge in [0.25, 0.3) is 0 Å². The highest BCUT2D eigenvalue weighted by atomic mass is 32.2. The van der Waals surface area contributed by atoms with Crippen LogP contribution in [0.4, 0.5) is 11.4 Å². The number of ether oxygens (including phenoxy) is 1. The van der Waals surface area contributed by atoms with Crippen molar-refractivity contribution in [2.24, 2.45) is 0 Å². The molecule has 1 amide bonds. The number of carbonyl (C=O) groups is 1. The van der Waals surface area contributed by atoms with Gasteiger partial charge in [0.05, 0.1) is 19.1 Å². The number of hydrogen-bond donors (Lipinski definition) is 0. The van der Waals surface area contributed by atoms with Crippen molar-refractivity contribution in [3.63, 3.8) is 0 Å². The number of piperazine rings is 1. The van der Waals surface area contributed by atoms with Crippen LogP contribution < -0.4 is 13.9 Å². The molecule has 0 bridgehead atoms. The van der Waals surface area contributed by atoms with E-state index in [1.165, 1.54) is 4.31 Å². The smallest absolute Gasteiger partial charge is 0.246 e. The fraction of sp³-hybridized carbons (Fsp3) is 0.409. The van der Waals surface area contributed by atoms with Crippen molar-refractivity contribution in [3.05, 3.63) is 54.1 Å². The molecule has 1 aliphatic rings. The fourth-order valence-electron chi connectivity index (χ4n) is 3.81. The summed E-state index contributed by atoms with van der Waals surface area (Å²) >= 11 is 0. The molecule has 0 saturated carbocycles. The molecule has 0 N–H and O–H groups in total. The third kappa shape index (κ3) is 4.87. The minimum atomic E-state index is -3.61. The Bertz CT molecular complexity index is 984. The predicted octanol–water partition coefficient (Wildman–Crippen LogP) is 2.51. The van der Waals surface area contributed by atoms with Crippen LogP contribution in [0.25, 0.3) is 0 Å². The predicted molar refractivity (Wildman–Crippen MR) is 120 cm³/mol. The van der Waals surface area contributed by atoms with Gasteiger partial charge in [-0.05, 0) is 55.8 Å². The summed E-state index contributed by atoms with van der Waals surface area (Å²) in [7, 11) is -1.98. The number of aryl methyl sites for hydroxylation is 1. The van der Waals surface area contributed by atoms with Crippen LogP contribution in [0.1, 0.15) is 12.5 Å². The summed E-state index contributed by atoms with van der Waals surface area (Å²) in [5, 5.41) is 0. The fourth-order valence-corrected chi connectivity index (χ4v) is 4.97.